The van der Waals surface area contributed by atoms with Gasteiger partial charge in [0.2, 0.25) is 5.91 Å². The van der Waals surface area contributed by atoms with Crippen LogP contribution in [0, 0.1) is 11.3 Å². The molecule has 3 aliphatic rings. The summed E-state index contributed by atoms with van der Waals surface area (Å²) in [5.74, 6) is 0.522. The number of carbonyl (C=O) groups excluding carboxylic acids is 1. The van der Waals surface area contributed by atoms with Gasteiger partial charge in [-0.1, -0.05) is 20.8 Å². The molecule has 2 atom stereocenters. The Bertz CT molecular complexity index is 980. The molecule has 0 radical (unpaired) electrons. The minimum absolute atomic E-state index is 0.00747. The predicted octanol–water partition coefficient (Wildman–Crippen LogP) is 4.28. The number of hydrogen-bond acceptors (Lipinski definition) is 4. The van der Waals surface area contributed by atoms with Gasteiger partial charge in [0.1, 0.15) is 0 Å². The summed E-state index contributed by atoms with van der Waals surface area (Å²) >= 11 is 0. The van der Waals surface area contributed by atoms with E-state index in [1.807, 2.05) is 0 Å². The van der Waals surface area contributed by atoms with Crippen LogP contribution in [0.4, 0.5) is 0 Å². The lowest BCUT2D eigenvalue weighted by Crippen LogP contribution is -2.65. The summed E-state index contributed by atoms with van der Waals surface area (Å²) in [6.45, 7) is 7.98. The number of methoxy groups -OCH3 is 1. The maximum absolute atomic E-state index is 13.6. The van der Waals surface area contributed by atoms with Crippen molar-refractivity contribution in [3.05, 3.63) is 35.7 Å². The topological polar surface area (TPSA) is 55.3 Å². The number of hydrogen-bond donors (Lipinski definition) is 0. The summed E-state index contributed by atoms with van der Waals surface area (Å²) in [5.41, 5.74) is 4.71. The van der Waals surface area contributed by atoms with Crippen LogP contribution in [0.3, 0.4) is 0 Å². The Morgan fingerprint density at radius 3 is 2.40 bits per heavy atom. The third-order valence-electron chi connectivity index (χ3n) is 8.83. The first kappa shape index (κ1) is 19.9. The van der Waals surface area contributed by atoms with Gasteiger partial charge < -0.3 is 9.64 Å². The summed E-state index contributed by atoms with van der Waals surface area (Å²) in [7, 11) is 1.79. The van der Waals surface area contributed by atoms with Gasteiger partial charge in [0.15, 0.2) is 0 Å². The highest BCUT2D eigenvalue weighted by Gasteiger charge is 2.57. The van der Waals surface area contributed by atoms with Crippen molar-refractivity contribution in [3.8, 4) is 0 Å². The molecule has 2 aliphatic carbocycles. The molecule has 0 unspecified atom stereocenters. The summed E-state index contributed by atoms with van der Waals surface area (Å²) in [6, 6.07) is 4.71. The van der Waals surface area contributed by atoms with E-state index in [1.165, 1.54) is 11.1 Å². The van der Waals surface area contributed by atoms with Crippen molar-refractivity contribution in [1.29, 1.82) is 0 Å². The van der Waals surface area contributed by atoms with E-state index in [-0.39, 0.29) is 22.8 Å². The Morgan fingerprint density at radius 2 is 1.73 bits per heavy atom. The Kier molecular flexibility index (Phi) is 4.66. The lowest BCUT2D eigenvalue weighted by atomic mass is 9.51. The van der Waals surface area contributed by atoms with Crippen molar-refractivity contribution in [2.75, 3.05) is 13.7 Å². The highest BCUT2D eigenvalue weighted by atomic mass is 16.5. The van der Waals surface area contributed by atoms with Crippen LogP contribution in [0.5, 0.6) is 0 Å². The van der Waals surface area contributed by atoms with E-state index in [0.717, 1.165) is 56.1 Å². The fraction of sp³-hybridized carbons (Fsp3) is 0.640. The molecular formula is C25H33N3O2. The molecule has 2 aromatic rings. The Balaban J connectivity index is 1.49. The van der Waals surface area contributed by atoms with Gasteiger partial charge in [0.05, 0.1) is 17.1 Å². The molecule has 1 aromatic heterocycles. The molecule has 1 aromatic carbocycles. The number of fused-ring (bicyclic) bond motifs is 5. The molecule has 2 heterocycles. The maximum atomic E-state index is 13.6. The van der Waals surface area contributed by atoms with Gasteiger partial charge in [-0.2, -0.15) is 0 Å². The molecule has 30 heavy (non-hydrogen) atoms. The average Bonchev–Trinajstić information content (AvgIpc) is 2.75. The standard InChI is InChI=1S/C25H33N3O2/c1-24(2)22-14-17-13-20-21(27-11-10-26-20)15-19(17)25(24,3)9-12-28(22)23(29)16-5-7-18(30-4)8-6-16/h10-11,13,15-16,18,22H,5-9,12,14H2,1-4H3/t16?,18?,22-,25-/m0/s1. The number of rotatable bonds is 2. The smallest absolute Gasteiger partial charge is 0.225 e. The first-order valence-electron chi connectivity index (χ1n) is 11.4. The van der Waals surface area contributed by atoms with Crippen molar-refractivity contribution >= 4 is 16.9 Å². The zero-order chi connectivity index (χ0) is 21.1. The first-order chi connectivity index (χ1) is 14.3. The number of piperidine rings is 1. The van der Waals surface area contributed by atoms with Crippen LogP contribution in [0.25, 0.3) is 11.0 Å². The molecule has 160 valence electrons. The Morgan fingerprint density at radius 1 is 1.07 bits per heavy atom. The number of benzene rings is 1. The summed E-state index contributed by atoms with van der Waals surface area (Å²) in [6.07, 6.45) is 9.66. The number of ether oxygens (including phenoxy) is 1. The van der Waals surface area contributed by atoms with Crippen LogP contribution >= 0.6 is 0 Å². The second kappa shape index (κ2) is 7.01. The molecule has 1 saturated heterocycles. The van der Waals surface area contributed by atoms with E-state index in [9.17, 15) is 4.79 Å². The fourth-order valence-corrected chi connectivity index (χ4v) is 6.42. The third-order valence-corrected chi connectivity index (χ3v) is 8.83. The molecule has 1 aliphatic heterocycles. The Labute approximate surface area is 179 Å². The monoisotopic (exact) mass is 407 g/mol. The van der Waals surface area contributed by atoms with Crippen molar-refractivity contribution in [2.45, 2.75) is 76.9 Å². The van der Waals surface area contributed by atoms with E-state index in [0.29, 0.717) is 12.0 Å². The Hall–Kier alpha value is -2.01. The van der Waals surface area contributed by atoms with Gasteiger partial charge in [-0.3, -0.25) is 14.8 Å². The lowest BCUT2D eigenvalue weighted by Gasteiger charge is -2.61. The minimum atomic E-state index is 0.00747. The highest BCUT2D eigenvalue weighted by molar-refractivity contribution is 5.81. The number of amides is 1. The average molecular weight is 408 g/mol. The van der Waals surface area contributed by atoms with E-state index >= 15 is 0 Å². The van der Waals surface area contributed by atoms with Gasteiger partial charge in [0.25, 0.3) is 0 Å². The molecule has 1 amide bonds. The van der Waals surface area contributed by atoms with Gasteiger partial charge >= 0.3 is 0 Å². The first-order valence-corrected chi connectivity index (χ1v) is 11.4. The zero-order valence-electron chi connectivity index (χ0n) is 18.6. The largest absolute Gasteiger partial charge is 0.381 e. The lowest BCUT2D eigenvalue weighted by molar-refractivity contribution is -0.150. The maximum Gasteiger partial charge on any atom is 0.225 e. The highest BCUT2D eigenvalue weighted by Crippen LogP contribution is 2.56. The van der Waals surface area contributed by atoms with Crippen LogP contribution in [0.2, 0.25) is 0 Å². The van der Waals surface area contributed by atoms with Crippen molar-refractivity contribution in [1.82, 2.24) is 14.9 Å². The third kappa shape index (κ3) is 2.81. The molecule has 1 saturated carbocycles. The molecule has 5 heteroatoms. The number of nitrogens with zero attached hydrogens (tertiary/aromatic N) is 3. The second-order valence-corrected chi connectivity index (χ2v) is 10.3. The van der Waals surface area contributed by atoms with Crippen molar-refractivity contribution in [3.63, 3.8) is 0 Å². The molecule has 2 bridgehead atoms. The molecule has 5 nitrogen and oxygen atoms in total. The van der Waals surface area contributed by atoms with Crippen molar-refractivity contribution < 1.29 is 9.53 Å². The van der Waals surface area contributed by atoms with Crippen LogP contribution < -0.4 is 0 Å². The minimum Gasteiger partial charge on any atom is -0.381 e. The molecule has 0 N–H and O–H groups in total. The summed E-state index contributed by atoms with van der Waals surface area (Å²) < 4.78 is 5.51. The second-order valence-electron chi connectivity index (χ2n) is 10.3. The van der Waals surface area contributed by atoms with Crippen LogP contribution in [-0.2, 0) is 21.4 Å². The normalized spacial score (nSPS) is 32.7. The zero-order valence-corrected chi connectivity index (χ0v) is 18.6. The van der Waals surface area contributed by atoms with E-state index in [1.54, 1.807) is 19.5 Å². The van der Waals surface area contributed by atoms with Crippen molar-refractivity contribution in [2.24, 2.45) is 11.3 Å². The number of aromatic nitrogens is 2. The summed E-state index contributed by atoms with van der Waals surface area (Å²) in [4.78, 5) is 25.0. The van der Waals surface area contributed by atoms with E-state index in [2.05, 4.69) is 47.8 Å². The van der Waals surface area contributed by atoms with Gasteiger partial charge in [0, 0.05) is 43.4 Å². The summed E-state index contributed by atoms with van der Waals surface area (Å²) in [5, 5.41) is 0. The molecule has 2 fully saturated rings. The van der Waals surface area contributed by atoms with Gasteiger partial charge in [-0.15, -0.1) is 0 Å². The number of carbonyl (C=O) groups is 1. The van der Waals surface area contributed by atoms with Gasteiger partial charge in [-0.05, 0) is 67.2 Å². The molecular weight excluding hydrogens is 374 g/mol. The molecule has 5 rings (SSSR count). The van der Waals surface area contributed by atoms with Crippen LogP contribution in [-0.4, -0.2) is 46.6 Å². The predicted molar refractivity (Wildman–Crippen MR) is 117 cm³/mol. The van der Waals surface area contributed by atoms with Crippen LogP contribution in [0.1, 0.15) is 64.0 Å². The SMILES string of the molecule is COC1CCC(C(=O)N2CC[C@@]3(C)c4cc5nccnc5cc4C[C@H]2C3(C)C)CC1. The van der Waals surface area contributed by atoms with E-state index < -0.39 is 0 Å². The molecule has 0 spiro atoms. The van der Waals surface area contributed by atoms with Gasteiger partial charge in [-0.25, -0.2) is 0 Å². The van der Waals surface area contributed by atoms with Crippen LogP contribution in [0.15, 0.2) is 24.5 Å². The quantitative estimate of drug-likeness (QED) is 0.746. The fourth-order valence-electron chi connectivity index (χ4n) is 6.42. The van der Waals surface area contributed by atoms with E-state index in [4.69, 9.17) is 4.74 Å². The number of likely N-dealkylation sites (tertiary alicyclic amines) is 1.